The van der Waals surface area contributed by atoms with E-state index in [9.17, 15) is 4.79 Å². The van der Waals surface area contributed by atoms with Gasteiger partial charge in [0.15, 0.2) is 0 Å². The van der Waals surface area contributed by atoms with Gasteiger partial charge in [-0.1, -0.05) is 0 Å². The summed E-state index contributed by atoms with van der Waals surface area (Å²) in [6, 6.07) is 1.35. The molecule has 1 aliphatic carbocycles. The largest absolute Gasteiger partial charge is 0.369 e. The highest BCUT2D eigenvalue weighted by atomic mass is 32.2. The van der Waals surface area contributed by atoms with Crippen LogP contribution in [0, 0.1) is 5.92 Å². The Morgan fingerprint density at radius 1 is 1.00 bits per heavy atom. The molecule has 0 atom stereocenters. The molecule has 3 N–H and O–H groups in total. The number of carbonyl (C=O) groups excluding carboxylic acids is 1. The van der Waals surface area contributed by atoms with Gasteiger partial charge in [0.25, 0.3) is 0 Å². The first kappa shape index (κ1) is 12.2. The van der Waals surface area contributed by atoms with Crippen molar-refractivity contribution in [1.29, 1.82) is 0 Å². The highest BCUT2D eigenvalue weighted by Crippen LogP contribution is 2.26. The van der Waals surface area contributed by atoms with Gasteiger partial charge in [0.1, 0.15) is 0 Å². The topological polar surface area (TPSA) is 55.1 Å². The van der Waals surface area contributed by atoms with Gasteiger partial charge in [0.2, 0.25) is 5.91 Å². The van der Waals surface area contributed by atoms with Crippen LogP contribution in [0.2, 0.25) is 0 Å². The third-order valence-corrected chi connectivity index (χ3v) is 4.87. The lowest BCUT2D eigenvalue weighted by Crippen LogP contribution is -2.43. The Morgan fingerprint density at radius 2 is 1.56 bits per heavy atom. The van der Waals surface area contributed by atoms with E-state index in [1.54, 1.807) is 0 Å². The van der Waals surface area contributed by atoms with Crippen molar-refractivity contribution in [1.82, 2.24) is 5.32 Å². The number of nitrogens with two attached hydrogens (primary N) is 1. The van der Waals surface area contributed by atoms with Gasteiger partial charge in [-0.3, -0.25) is 4.79 Å². The van der Waals surface area contributed by atoms with E-state index in [4.69, 9.17) is 5.73 Å². The van der Waals surface area contributed by atoms with Gasteiger partial charge >= 0.3 is 0 Å². The van der Waals surface area contributed by atoms with Crippen LogP contribution in [0.5, 0.6) is 0 Å². The summed E-state index contributed by atoms with van der Waals surface area (Å²) < 4.78 is 0. The quantitative estimate of drug-likeness (QED) is 0.789. The Kier molecular flexibility index (Phi) is 4.53. The molecule has 0 aromatic carbocycles. The molecule has 0 radical (unpaired) electrons. The van der Waals surface area contributed by atoms with Crippen molar-refractivity contribution in [3.05, 3.63) is 0 Å². The summed E-state index contributed by atoms with van der Waals surface area (Å²) in [5.41, 5.74) is 5.33. The molecule has 16 heavy (non-hydrogen) atoms. The number of primary amides is 1. The molecule has 1 heterocycles. The first-order valence-electron chi connectivity index (χ1n) is 6.39. The molecule has 0 unspecified atom stereocenters. The number of hydrogen-bond donors (Lipinski definition) is 2. The maximum Gasteiger partial charge on any atom is 0.220 e. The standard InChI is InChI=1S/C12H22N2OS/c13-12(15)9-1-3-10(4-2-9)14-11-5-7-16-8-6-11/h9-11,14H,1-8H2,(H2,13,15). The predicted octanol–water partition coefficient (Wildman–Crippen LogP) is 1.52. The minimum absolute atomic E-state index is 0.104. The summed E-state index contributed by atoms with van der Waals surface area (Å²) in [4.78, 5) is 11.1. The van der Waals surface area contributed by atoms with Crippen LogP contribution in [-0.4, -0.2) is 29.5 Å². The van der Waals surface area contributed by atoms with Gasteiger partial charge in [-0.2, -0.15) is 11.8 Å². The second-order valence-electron chi connectivity index (χ2n) is 5.00. The minimum atomic E-state index is -0.104. The van der Waals surface area contributed by atoms with Crippen molar-refractivity contribution < 1.29 is 4.79 Å². The molecule has 1 saturated carbocycles. The normalized spacial score (nSPS) is 32.5. The van der Waals surface area contributed by atoms with Crippen LogP contribution in [0.4, 0.5) is 0 Å². The van der Waals surface area contributed by atoms with E-state index in [0.29, 0.717) is 6.04 Å². The van der Waals surface area contributed by atoms with Gasteiger partial charge in [0, 0.05) is 18.0 Å². The fraction of sp³-hybridized carbons (Fsp3) is 0.917. The van der Waals surface area contributed by atoms with Crippen LogP contribution in [0.1, 0.15) is 38.5 Å². The van der Waals surface area contributed by atoms with E-state index >= 15 is 0 Å². The monoisotopic (exact) mass is 242 g/mol. The molecule has 2 fully saturated rings. The number of nitrogens with one attached hydrogen (secondary N) is 1. The molecular weight excluding hydrogens is 220 g/mol. The zero-order chi connectivity index (χ0) is 11.4. The van der Waals surface area contributed by atoms with Crippen molar-refractivity contribution in [3.8, 4) is 0 Å². The smallest absolute Gasteiger partial charge is 0.220 e. The first-order chi connectivity index (χ1) is 7.75. The fourth-order valence-electron chi connectivity index (χ4n) is 2.74. The number of amides is 1. The van der Waals surface area contributed by atoms with Gasteiger partial charge < -0.3 is 11.1 Å². The summed E-state index contributed by atoms with van der Waals surface area (Å²) in [5.74, 6) is 2.63. The van der Waals surface area contributed by atoms with Crippen LogP contribution in [-0.2, 0) is 4.79 Å². The highest BCUT2D eigenvalue weighted by molar-refractivity contribution is 7.99. The predicted molar refractivity (Wildman–Crippen MR) is 68.4 cm³/mol. The maximum atomic E-state index is 11.1. The number of thioether (sulfide) groups is 1. The van der Waals surface area contributed by atoms with Gasteiger partial charge in [0.05, 0.1) is 0 Å². The maximum absolute atomic E-state index is 11.1. The Labute approximate surface area is 102 Å². The molecule has 3 nitrogen and oxygen atoms in total. The number of hydrogen-bond acceptors (Lipinski definition) is 3. The van der Waals surface area contributed by atoms with Crippen LogP contribution in [0.25, 0.3) is 0 Å². The first-order valence-corrected chi connectivity index (χ1v) is 7.54. The molecule has 0 aromatic heterocycles. The van der Waals surface area contributed by atoms with E-state index in [2.05, 4.69) is 17.1 Å². The molecule has 4 heteroatoms. The third-order valence-electron chi connectivity index (χ3n) is 3.82. The number of carbonyl (C=O) groups is 1. The molecule has 92 valence electrons. The van der Waals surface area contributed by atoms with Crippen molar-refractivity contribution >= 4 is 17.7 Å². The average molecular weight is 242 g/mol. The Balaban J connectivity index is 1.70. The summed E-state index contributed by atoms with van der Waals surface area (Å²) >= 11 is 2.06. The van der Waals surface area contributed by atoms with Crippen molar-refractivity contribution in [2.75, 3.05) is 11.5 Å². The molecule has 0 spiro atoms. The lowest BCUT2D eigenvalue weighted by atomic mass is 9.85. The van der Waals surface area contributed by atoms with Crippen molar-refractivity contribution in [2.24, 2.45) is 11.7 Å². The zero-order valence-electron chi connectivity index (χ0n) is 9.78. The molecule has 2 rings (SSSR count). The van der Waals surface area contributed by atoms with Crippen LogP contribution < -0.4 is 11.1 Å². The van der Waals surface area contributed by atoms with E-state index in [1.165, 1.54) is 24.3 Å². The van der Waals surface area contributed by atoms with Gasteiger partial charge in [-0.15, -0.1) is 0 Å². The molecule has 0 bridgehead atoms. The Morgan fingerprint density at radius 3 is 2.12 bits per heavy atom. The van der Waals surface area contributed by atoms with E-state index in [1.807, 2.05) is 0 Å². The number of rotatable bonds is 3. The summed E-state index contributed by atoms with van der Waals surface area (Å²) in [6.45, 7) is 0. The highest BCUT2D eigenvalue weighted by Gasteiger charge is 2.26. The van der Waals surface area contributed by atoms with Crippen LogP contribution in [0.3, 0.4) is 0 Å². The Bertz CT molecular complexity index is 233. The van der Waals surface area contributed by atoms with E-state index in [-0.39, 0.29) is 11.8 Å². The summed E-state index contributed by atoms with van der Waals surface area (Å²) in [5, 5.41) is 3.75. The average Bonchev–Trinajstić information content (AvgIpc) is 2.31. The van der Waals surface area contributed by atoms with E-state index < -0.39 is 0 Å². The van der Waals surface area contributed by atoms with Crippen LogP contribution >= 0.6 is 11.8 Å². The lowest BCUT2D eigenvalue weighted by molar-refractivity contribution is -0.122. The molecule has 2 aliphatic rings. The second-order valence-corrected chi connectivity index (χ2v) is 6.23. The van der Waals surface area contributed by atoms with Crippen molar-refractivity contribution in [3.63, 3.8) is 0 Å². The molecule has 1 amide bonds. The summed E-state index contributed by atoms with van der Waals surface area (Å²) in [6.07, 6.45) is 6.82. The zero-order valence-corrected chi connectivity index (χ0v) is 10.6. The van der Waals surface area contributed by atoms with Gasteiger partial charge in [-0.05, 0) is 50.0 Å². The second kappa shape index (κ2) is 5.92. The minimum Gasteiger partial charge on any atom is -0.369 e. The van der Waals surface area contributed by atoms with E-state index in [0.717, 1.165) is 31.7 Å². The van der Waals surface area contributed by atoms with Crippen LogP contribution in [0.15, 0.2) is 0 Å². The SMILES string of the molecule is NC(=O)C1CCC(NC2CCSCC2)CC1. The molecule has 1 saturated heterocycles. The van der Waals surface area contributed by atoms with Gasteiger partial charge in [-0.25, -0.2) is 0 Å². The Hall–Kier alpha value is -0.220. The fourth-order valence-corrected chi connectivity index (χ4v) is 3.85. The molecular formula is C12H22N2OS. The van der Waals surface area contributed by atoms with Crippen molar-refractivity contribution in [2.45, 2.75) is 50.6 Å². The third kappa shape index (κ3) is 3.39. The lowest BCUT2D eigenvalue weighted by Gasteiger charge is -2.32. The molecule has 1 aliphatic heterocycles. The molecule has 0 aromatic rings. The summed E-state index contributed by atoms with van der Waals surface area (Å²) in [7, 11) is 0.